The van der Waals surface area contributed by atoms with Crippen molar-refractivity contribution in [3.05, 3.63) is 0 Å². The van der Waals surface area contributed by atoms with Gasteiger partial charge in [-0.05, 0) is 0 Å². The molecule has 0 aliphatic carbocycles. The number of hydrogen-bond donors (Lipinski definition) is 0. The van der Waals surface area contributed by atoms with Crippen LogP contribution in [0.25, 0.3) is 0 Å². The Morgan fingerprint density at radius 2 is 1.50 bits per heavy atom. The molecule has 0 aromatic heterocycles. The molecular weight excluding hydrogens is 184 g/mol. The van der Waals surface area contributed by atoms with Gasteiger partial charge in [0.05, 0.1) is 23.3 Å². The van der Waals surface area contributed by atoms with E-state index in [1.165, 1.54) is 0 Å². The van der Waals surface area contributed by atoms with Gasteiger partial charge in [-0.25, -0.2) is 8.42 Å². The Hall–Kier alpha value is -0.910. The van der Waals surface area contributed by atoms with Crippen molar-refractivity contribution in [1.82, 2.24) is 0 Å². The highest BCUT2D eigenvalue weighted by Crippen LogP contribution is 2.32. The summed E-state index contributed by atoms with van der Waals surface area (Å²) >= 11 is 0. The van der Waals surface area contributed by atoms with Crippen molar-refractivity contribution in [2.24, 2.45) is 11.8 Å². The van der Waals surface area contributed by atoms with Gasteiger partial charge in [0, 0.05) is 0 Å². The molecule has 0 aromatic carbocycles. The predicted molar refractivity (Wildman–Crippen MR) is 36.7 cm³/mol. The van der Waals surface area contributed by atoms with E-state index in [-0.39, 0.29) is 11.5 Å². The van der Waals surface area contributed by atoms with Gasteiger partial charge in [0.1, 0.15) is 0 Å². The molecule has 2 rings (SSSR count). The minimum atomic E-state index is -3.19. The van der Waals surface area contributed by atoms with Gasteiger partial charge in [0.2, 0.25) is 0 Å². The van der Waals surface area contributed by atoms with Crippen molar-refractivity contribution < 1.29 is 22.7 Å². The quantitative estimate of drug-likeness (QED) is 0.351. The normalized spacial score (nSPS) is 38.0. The average Bonchev–Trinajstić information content (AvgIpc) is 2.34. The van der Waals surface area contributed by atoms with E-state index in [4.69, 9.17) is 0 Å². The third-order valence-electron chi connectivity index (χ3n) is 2.16. The Kier molecular flexibility index (Phi) is 1.33. The number of fused-ring (bicyclic) bond motifs is 1. The van der Waals surface area contributed by atoms with Gasteiger partial charge in [-0.1, -0.05) is 0 Å². The van der Waals surface area contributed by atoms with Crippen molar-refractivity contribution in [3.63, 3.8) is 0 Å². The monoisotopic (exact) mass is 190 g/mol. The van der Waals surface area contributed by atoms with Crippen LogP contribution in [0.2, 0.25) is 0 Å². The first-order chi connectivity index (χ1) is 5.49. The van der Waals surface area contributed by atoms with Gasteiger partial charge >= 0.3 is 11.9 Å². The Balaban J connectivity index is 2.38. The van der Waals surface area contributed by atoms with E-state index in [0.29, 0.717) is 0 Å². The van der Waals surface area contributed by atoms with Crippen molar-refractivity contribution >= 4 is 21.8 Å². The third kappa shape index (κ3) is 0.945. The molecule has 0 bridgehead atoms. The van der Waals surface area contributed by atoms with Gasteiger partial charge in [0.25, 0.3) is 0 Å². The van der Waals surface area contributed by atoms with Crippen LogP contribution in [0, 0.1) is 11.8 Å². The number of hydrogen-bond acceptors (Lipinski definition) is 5. The summed E-state index contributed by atoms with van der Waals surface area (Å²) in [4.78, 5) is 21.7. The number of carbonyl (C=O) groups is 2. The van der Waals surface area contributed by atoms with Gasteiger partial charge in [0.15, 0.2) is 9.84 Å². The fraction of sp³-hybridized carbons (Fsp3) is 0.667. The molecule has 2 heterocycles. The maximum Gasteiger partial charge on any atom is 0.318 e. The molecule has 0 amide bonds. The SMILES string of the molecule is O=C1OC(=O)[C@@H]2CS(=O)(=O)C[C@H]12. The Labute approximate surface area is 68.6 Å². The van der Waals surface area contributed by atoms with Gasteiger partial charge in [-0.3, -0.25) is 9.59 Å². The first kappa shape index (κ1) is 7.72. The Morgan fingerprint density at radius 1 is 1.08 bits per heavy atom. The topological polar surface area (TPSA) is 77.5 Å². The van der Waals surface area contributed by atoms with E-state index >= 15 is 0 Å². The van der Waals surface area contributed by atoms with Crippen LogP contribution in [-0.2, 0) is 24.2 Å². The lowest BCUT2D eigenvalue weighted by Gasteiger charge is -1.93. The molecule has 0 N–H and O–H groups in total. The van der Waals surface area contributed by atoms with Gasteiger partial charge in [-0.15, -0.1) is 0 Å². The number of carbonyl (C=O) groups excluding carboxylic acids is 2. The van der Waals surface area contributed by atoms with Crippen LogP contribution in [0.4, 0.5) is 0 Å². The van der Waals surface area contributed by atoms with Crippen LogP contribution in [0.1, 0.15) is 0 Å². The minimum Gasteiger partial charge on any atom is -0.393 e. The van der Waals surface area contributed by atoms with Gasteiger partial charge in [-0.2, -0.15) is 0 Å². The molecular formula is C6H6O5S. The summed E-state index contributed by atoms with van der Waals surface area (Å²) in [6.07, 6.45) is 0. The van der Waals surface area contributed by atoms with Gasteiger partial charge < -0.3 is 4.74 Å². The number of esters is 2. The molecule has 0 spiro atoms. The lowest BCUT2D eigenvalue weighted by atomic mass is 10.00. The van der Waals surface area contributed by atoms with E-state index in [1.54, 1.807) is 0 Å². The molecule has 0 radical (unpaired) electrons. The van der Waals surface area contributed by atoms with Crippen LogP contribution in [-0.4, -0.2) is 31.9 Å². The highest BCUT2D eigenvalue weighted by atomic mass is 32.2. The second-order valence-corrected chi connectivity index (χ2v) is 5.18. The summed E-state index contributed by atoms with van der Waals surface area (Å²) in [6.45, 7) is 0. The van der Waals surface area contributed by atoms with Crippen LogP contribution < -0.4 is 0 Å². The second-order valence-electron chi connectivity index (χ2n) is 3.03. The average molecular weight is 190 g/mol. The lowest BCUT2D eigenvalue weighted by molar-refractivity contribution is -0.153. The van der Waals surface area contributed by atoms with Crippen molar-refractivity contribution in [1.29, 1.82) is 0 Å². The van der Waals surface area contributed by atoms with E-state index in [0.717, 1.165) is 0 Å². The summed E-state index contributed by atoms with van der Waals surface area (Å²) in [5.74, 6) is -3.31. The van der Waals surface area contributed by atoms with Crippen LogP contribution >= 0.6 is 0 Å². The van der Waals surface area contributed by atoms with E-state index in [9.17, 15) is 18.0 Å². The molecule has 2 fully saturated rings. The minimum absolute atomic E-state index is 0.234. The predicted octanol–water partition coefficient (Wildman–Crippen LogP) is -1.27. The zero-order valence-corrected chi connectivity index (χ0v) is 6.83. The van der Waals surface area contributed by atoms with Crippen LogP contribution in [0.5, 0.6) is 0 Å². The molecule has 12 heavy (non-hydrogen) atoms. The zero-order valence-electron chi connectivity index (χ0n) is 6.02. The van der Waals surface area contributed by atoms with Crippen LogP contribution in [0.15, 0.2) is 0 Å². The number of rotatable bonds is 0. The van der Waals surface area contributed by atoms with Crippen molar-refractivity contribution in [2.75, 3.05) is 11.5 Å². The lowest BCUT2D eigenvalue weighted by Crippen LogP contribution is -2.14. The van der Waals surface area contributed by atoms with Crippen molar-refractivity contribution in [2.45, 2.75) is 0 Å². The molecule has 0 saturated carbocycles. The standard InChI is InChI=1S/C6H6O5S/c7-5-3-1-12(9,10)2-4(3)6(8)11-5/h3-4H,1-2H2/t3-,4+. The third-order valence-corrected chi connectivity index (χ3v) is 3.89. The summed E-state index contributed by atoms with van der Waals surface area (Å²) in [6, 6.07) is 0. The fourth-order valence-corrected chi connectivity index (χ4v) is 3.53. The molecule has 2 aliphatic rings. The molecule has 2 saturated heterocycles. The highest BCUT2D eigenvalue weighted by molar-refractivity contribution is 7.91. The zero-order chi connectivity index (χ0) is 8.93. The summed E-state index contributed by atoms with van der Waals surface area (Å²) in [5.41, 5.74) is 0. The number of cyclic esters (lactones) is 2. The molecule has 2 aliphatic heterocycles. The van der Waals surface area contributed by atoms with Crippen molar-refractivity contribution in [3.8, 4) is 0 Å². The first-order valence-electron chi connectivity index (χ1n) is 3.45. The van der Waals surface area contributed by atoms with E-state index < -0.39 is 33.6 Å². The van der Waals surface area contributed by atoms with E-state index in [1.807, 2.05) is 0 Å². The molecule has 0 aromatic rings. The maximum absolute atomic E-state index is 11.0. The van der Waals surface area contributed by atoms with Crippen LogP contribution in [0.3, 0.4) is 0 Å². The Bertz CT molecular complexity index is 326. The molecule has 2 atom stereocenters. The molecule has 5 nitrogen and oxygen atoms in total. The highest BCUT2D eigenvalue weighted by Gasteiger charge is 2.53. The fourth-order valence-electron chi connectivity index (χ4n) is 1.56. The summed E-state index contributed by atoms with van der Waals surface area (Å²) in [7, 11) is -3.19. The molecule has 6 heteroatoms. The number of ether oxygens (including phenoxy) is 1. The van der Waals surface area contributed by atoms with E-state index in [2.05, 4.69) is 4.74 Å². The first-order valence-corrected chi connectivity index (χ1v) is 5.28. The maximum atomic E-state index is 11.0. The largest absolute Gasteiger partial charge is 0.393 e. The Morgan fingerprint density at radius 3 is 1.92 bits per heavy atom. The molecule has 0 unspecified atom stereocenters. The second kappa shape index (κ2) is 2.07. The number of sulfone groups is 1. The molecule has 66 valence electrons. The summed E-state index contributed by atoms with van der Waals surface area (Å²) in [5, 5.41) is 0. The smallest absolute Gasteiger partial charge is 0.318 e. The summed E-state index contributed by atoms with van der Waals surface area (Å²) < 4.78 is 26.2.